The van der Waals surface area contributed by atoms with Crippen molar-refractivity contribution in [3.8, 4) is 0 Å². The van der Waals surface area contributed by atoms with Crippen molar-refractivity contribution < 1.29 is 4.79 Å². The Hall–Kier alpha value is -1.04. The monoisotopic (exact) mass is 291 g/mol. The second kappa shape index (κ2) is 5.76. The molecule has 0 bridgehead atoms. The van der Waals surface area contributed by atoms with Gasteiger partial charge in [0.05, 0.1) is 10.9 Å². The summed E-state index contributed by atoms with van der Waals surface area (Å²) in [6.07, 6.45) is 1.64. The molecule has 2 fully saturated rings. The molecular formula is C15H21N3OS. The summed E-state index contributed by atoms with van der Waals surface area (Å²) in [7, 11) is 0. The first-order valence-corrected chi connectivity index (χ1v) is 8.14. The van der Waals surface area contributed by atoms with Crippen molar-refractivity contribution in [3.05, 3.63) is 35.9 Å². The minimum absolute atomic E-state index is 0.0834. The van der Waals surface area contributed by atoms with Crippen LogP contribution in [0.3, 0.4) is 0 Å². The highest BCUT2D eigenvalue weighted by atomic mass is 32.2. The van der Waals surface area contributed by atoms with Crippen molar-refractivity contribution in [1.82, 2.24) is 10.2 Å². The number of thioether (sulfide) groups is 1. The van der Waals surface area contributed by atoms with Crippen LogP contribution >= 0.6 is 11.8 Å². The largest absolute Gasteiger partial charge is 0.339 e. The van der Waals surface area contributed by atoms with Crippen molar-refractivity contribution in [2.75, 3.05) is 25.4 Å². The molecule has 1 aromatic rings. The van der Waals surface area contributed by atoms with Crippen LogP contribution < -0.4 is 11.1 Å². The second-order valence-electron chi connectivity index (χ2n) is 5.58. The van der Waals surface area contributed by atoms with Crippen LogP contribution in [0.25, 0.3) is 0 Å². The smallest absolute Gasteiger partial charge is 0.239 e. The number of hydrogen-bond acceptors (Lipinski definition) is 4. The lowest BCUT2D eigenvalue weighted by Gasteiger charge is -2.25. The Bertz CT molecular complexity index is 473. The van der Waals surface area contributed by atoms with Gasteiger partial charge in [0.25, 0.3) is 0 Å². The molecule has 1 unspecified atom stereocenters. The highest BCUT2D eigenvalue weighted by molar-refractivity contribution is 8.00. The third kappa shape index (κ3) is 2.85. The van der Waals surface area contributed by atoms with Gasteiger partial charge in [0.15, 0.2) is 0 Å². The first-order chi connectivity index (χ1) is 9.69. The number of carbonyl (C=O) groups is 1. The summed E-state index contributed by atoms with van der Waals surface area (Å²) in [5, 5.41) is 3.53. The lowest BCUT2D eigenvalue weighted by atomic mass is 10.1. The predicted molar refractivity (Wildman–Crippen MR) is 82.5 cm³/mol. The van der Waals surface area contributed by atoms with E-state index in [4.69, 9.17) is 5.73 Å². The van der Waals surface area contributed by atoms with Crippen LogP contribution in [0.1, 0.15) is 12.0 Å². The quantitative estimate of drug-likeness (QED) is 0.866. The van der Waals surface area contributed by atoms with Gasteiger partial charge in [-0.25, -0.2) is 0 Å². The average molecular weight is 291 g/mol. The highest BCUT2D eigenvalue weighted by Crippen LogP contribution is 2.36. The van der Waals surface area contributed by atoms with Crippen LogP contribution in [0.4, 0.5) is 0 Å². The fourth-order valence-corrected chi connectivity index (χ4v) is 4.28. The Labute approximate surface area is 124 Å². The molecule has 0 aliphatic carbocycles. The van der Waals surface area contributed by atoms with Gasteiger partial charge in [-0.3, -0.25) is 4.79 Å². The summed E-state index contributed by atoms with van der Waals surface area (Å²) in [5.74, 6) is 1.22. The van der Waals surface area contributed by atoms with Crippen LogP contribution in [-0.4, -0.2) is 47.1 Å². The summed E-state index contributed by atoms with van der Waals surface area (Å²) in [4.78, 5) is 14.5. The topological polar surface area (TPSA) is 58.4 Å². The van der Waals surface area contributed by atoms with Crippen LogP contribution in [-0.2, 0) is 11.2 Å². The Balaban J connectivity index is 1.59. The summed E-state index contributed by atoms with van der Waals surface area (Å²) in [5.41, 5.74) is 7.22. The van der Waals surface area contributed by atoms with E-state index >= 15 is 0 Å². The summed E-state index contributed by atoms with van der Waals surface area (Å²) < 4.78 is 0. The number of nitrogens with one attached hydrogen (secondary N) is 1. The standard InChI is InChI=1S/C15H21N3OS/c16-13(10-12-4-2-1-3-5-12)14(19)18-8-6-15(11-18)17-7-9-20-15/h1-5,13,17H,6-11,16H2/t13-,15?/m0/s1. The zero-order valence-corrected chi connectivity index (χ0v) is 12.4. The normalized spacial score (nSPS) is 27.1. The minimum atomic E-state index is -0.432. The fraction of sp³-hybridized carbons (Fsp3) is 0.533. The van der Waals surface area contributed by atoms with Gasteiger partial charge in [0, 0.05) is 25.4 Å². The van der Waals surface area contributed by atoms with Crippen LogP contribution in [0.15, 0.2) is 30.3 Å². The van der Waals surface area contributed by atoms with Crippen LogP contribution in [0, 0.1) is 0 Å². The van der Waals surface area contributed by atoms with Gasteiger partial charge in [0.1, 0.15) is 0 Å². The van der Waals surface area contributed by atoms with E-state index in [0.717, 1.165) is 37.4 Å². The molecule has 1 amide bonds. The van der Waals surface area contributed by atoms with E-state index in [-0.39, 0.29) is 10.8 Å². The molecule has 3 N–H and O–H groups in total. The molecule has 2 saturated heterocycles. The molecular weight excluding hydrogens is 270 g/mol. The number of amides is 1. The van der Waals surface area contributed by atoms with Gasteiger partial charge in [-0.2, -0.15) is 0 Å². The third-order valence-corrected chi connectivity index (χ3v) is 5.53. The summed E-state index contributed by atoms with van der Waals surface area (Å²) >= 11 is 1.94. The maximum Gasteiger partial charge on any atom is 0.239 e. The van der Waals surface area contributed by atoms with E-state index in [1.54, 1.807) is 0 Å². The molecule has 4 nitrogen and oxygen atoms in total. The number of nitrogens with two attached hydrogens (primary N) is 1. The number of carbonyl (C=O) groups excluding carboxylic acids is 1. The molecule has 2 heterocycles. The van der Waals surface area contributed by atoms with Gasteiger partial charge in [-0.1, -0.05) is 30.3 Å². The minimum Gasteiger partial charge on any atom is -0.339 e. The number of rotatable bonds is 3. The van der Waals surface area contributed by atoms with E-state index in [1.165, 1.54) is 0 Å². The first kappa shape index (κ1) is 13.9. The zero-order valence-electron chi connectivity index (χ0n) is 11.5. The SMILES string of the molecule is N[C@@H](Cc1ccccc1)C(=O)N1CCC2(C1)NCCS2. The summed E-state index contributed by atoms with van der Waals surface area (Å²) in [6, 6.07) is 9.55. The van der Waals surface area contributed by atoms with E-state index in [0.29, 0.717) is 6.42 Å². The predicted octanol–water partition coefficient (Wildman–Crippen LogP) is 0.821. The zero-order chi connectivity index (χ0) is 14.0. The maximum absolute atomic E-state index is 12.5. The molecule has 1 aromatic carbocycles. The van der Waals surface area contributed by atoms with Crippen LogP contribution in [0.5, 0.6) is 0 Å². The van der Waals surface area contributed by atoms with Crippen LogP contribution in [0.2, 0.25) is 0 Å². The first-order valence-electron chi connectivity index (χ1n) is 7.16. The second-order valence-corrected chi connectivity index (χ2v) is 7.05. The Morgan fingerprint density at radius 3 is 2.95 bits per heavy atom. The van der Waals surface area contributed by atoms with Crippen molar-refractivity contribution in [1.29, 1.82) is 0 Å². The van der Waals surface area contributed by atoms with Crippen molar-refractivity contribution in [3.63, 3.8) is 0 Å². The number of likely N-dealkylation sites (tertiary alicyclic amines) is 1. The fourth-order valence-electron chi connectivity index (χ4n) is 3.00. The number of nitrogens with zero attached hydrogens (tertiary/aromatic N) is 1. The lowest BCUT2D eigenvalue weighted by molar-refractivity contribution is -0.131. The van der Waals surface area contributed by atoms with Gasteiger partial charge >= 0.3 is 0 Å². The lowest BCUT2D eigenvalue weighted by Crippen LogP contribution is -2.47. The molecule has 20 heavy (non-hydrogen) atoms. The Kier molecular flexibility index (Phi) is 4.01. The highest BCUT2D eigenvalue weighted by Gasteiger charge is 2.43. The molecule has 5 heteroatoms. The Morgan fingerprint density at radius 1 is 1.45 bits per heavy atom. The van der Waals surface area contributed by atoms with Gasteiger partial charge in [-0.05, 0) is 18.4 Å². The van der Waals surface area contributed by atoms with Gasteiger partial charge in [0.2, 0.25) is 5.91 Å². The van der Waals surface area contributed by atoms with E-state index < -0.39 is 6.04 Å². The molecule has 3 rings (SSSR count). The van der Waals surface area contributed by atoms with Crippen molar-refractivity contribution in [2.45, 2.75) is 23.8 Å². The third-order valence-electron chi connectivity index (χ3n) is 4.09. The molecule has 0 saturated carbocycles. The summed E-state index contributed by atoms with van der Waals surface area (Å²) in [6.45, 7) is 2.66. The molecule has 2 aliphatic heterocycles. The van der Waals surface area contributed by atoms with Gasteiger partial charge in [-0.15, -0.1) is 11.8 Å². The van der Waals surface area contributed by atoms with Crippen molar-refractivity contribution in [2.24, 2.45) is 5.73 Å². The Morgan fingerprint density at radius 2 is 2.25 bits per heavy atom. The van der Waals surface area contributed by atoms with Crippen molar-refractivity contribution >= 4 is 17.7 Å². The van der Waals surface area contributed by atoms with E-state index in [9.17, 15) is 4.79 Å². The molecule has 108 valence electrons. The molecule has 1 spiro atoms. The number of benzene rings is 1. The molecule has 0 aromatic heterocycles. The van der Waals surface area contributed by atoms with E-state index in [1.807, 2.05) is 47.0 Å². The maximum atomic E-state index is 12.5. The van der Waals surface area contributed by atoms with Gasteiger partial charge < -0.3 is 16.0 Å². The molecule has 0 radical (unpaired) electrons. The number of hydrogen-bond donors (Lipinski definition) is 2. The average Bonchev–Trinajstić information content (AvgIpc) is 3.10. The van der Waals surface area contributed by atoms with E-state index in [2.05, 4.69) is 5.32 Å². The molecule has 2 atom stereocenters. The molecule has 2 aliphatic rings.